The van der Waals surface area contributed by atoms with Crippen molar-refractivity contribution in [3.05, 3.63) is 127 Å². The molecule has 6 aromatic rings. The Morgan fingerprint density at radius 2 is 1.04 bits per heavy atom. The number of halogens is 2. The van der Waals surface area contributed by atoms with Crippen LogP contribution in [0, 0.1) is 25.5 Å². The van der Waals surface area contributed by atoms with Crippen molar-refractivity contribution in [2.45, 2.75) is 51.4 Å². The molecule has 0 radical (unpaired) electrons. The van der Waals surface area contributed by atoms with Gasteiger partial charge >= 0.3 is 103 Å². The summed E-state index contributed by atoms with van der Waals surface area (Å²) in [6.45, 7) is 3.43. The molecular formula is C38H30F2K2N6O6. The molecule has 2 saturated carbocycles. The standard InChI is InChI=1S/2C19H16FN3O3.2K/c2*1-9-16(11-4-5-15(21)22-7-11)14(20)8-23-17(9)12(10-2-3-10)6-13(18(23)24)19(25)26;;/h2*4-8,10H,2-3H2,1H3,(H2,21,22)(H,25,26);;/q;;2*+1/p-2. The largest absolute Gasteiger partial charge is 1.00 e. The second kappa shape index (κ2) is 16.5. The van der Waals surface area contributed by atoms with Crippen LogP contribution in [0.25, 0.3) is 33.3 Å². The van der Waals surface area contributed by atoms with E-state index in [1.54, 1.807) is 38.1 Å². The Labute approximate surface area is 391 Å². The number of nitrogens with two attached hydrogens (primary N) is 2. The van der Waals surface area contributed by atoms with Gasteiger partial charge in [-0.1, -0.05) is 0 Å². The van der Waals surface area contributed by atoms with E-state index < -0.39 is 45.8 Å². The first-order valence-electron chi connectivity index (χ1n) is 16.4. The van der Waals surface area contributed by atoms with Crippen LogP contribution in [0.3, 0.4) is 0 Å². The van der Waals surface area contributed by atoms with Crippen LogP contribution in [0.5, 0.6) is 0 Å². The number of aryl methyl sites for hydroxylation is 2. The zero-order valence-corrected chi connectivity index (χ0v) is 36.2. The fraction of sp³-hybridized carbons (Fsp3) is 0.211. The van der Waals surface area contributed by atoms with Crippen LogP contribution in [-0.4, -0.2) is 30.7 Å². The van der Waals surface area contributed by atoms with E-state index in [0.29, 0.717) is 56.0 Å². The zero-order valence-electron chi connectivity index (χ0n) is 29.9. The molecule has 2 aliphatic rings. The summed E-state index contributed by atoms with van der Waals surface area (Å²) in [6.07, 6.45) is 8.62. The van der Waals surface area contributed by atoms with Crippen molar-refractivity contribution in [2.75, 3.05) is 11.5 Å². The maximum Gasteiger partial charge on any atom is 1.00 e. The smallest absolute Gasteiger partial charge is 0.545 e. The number of nitrogens with zero attached hydrogens (tertiary/aromatic N) is 4. The van der Waals surface area contributed by atoms with E-state index >= 15 is 0 Å². The van der Waals surface area contributed by atoms with Crippen molar-refractivity contribution in [2.24, 2.45) is 0 Å². The maximum atomic E-state index is 14.8. The number of nitrogen functional groups attached to an aromatic ring is 2. The minimum atomic E-state index is -1.56. The van der Waals surface area contributed by atoms with Gasteiger partial charge in [0, 0.05) is 47.0 Å². The van der Waals surface area contributed by atoms with Gasteiger partial charge in [-0.15, -0.1) is 0 Å². The van der Waals surface area contributed by atoms with Crippen molar-refractivity contribution in [1.29, 1.82) is 0 Å². The van der Waals surface area contributed by atoms with Gasteiger partial charge in [0.15, 0.2) is 0 Å². The Bertz CT molecular complexity index is 2420. The molecule has 0 aromatic carbocycles. The molecule has 2 fully saturated rings. The molecule has 264 valence electrons. The fourth-order valence-electron chi connectivity index (χ4n) is 6.82. The minimum Gasteiger partial charge on any atom is -0.545 e. The van der Waals surface area contributed by atoms with Crippen LogP contribution in [-0.2, 0) is 0 Å². The molecule has 0 spiro atoms. The first-order chi connectivity index (χ1) is 24.8. The van der Waals surface area contributed by atoms with Crippen LogP contribution in [0.1, 0.15) is 80.5 Å². The second-order valence-corrected chi connectivity index (χ2v) is 13.1. The summed E-state index contributed by atoms with van der Waals surface area (Å²) in [5.74, 6) is -3.44. The molecule has 0 aliphatic heterocycles. The summed E-state index contributed by atoms with van der Waals surface area (Å²) in [5.41, 5.74) is 14.0. The normalized spacial score (nSPS) is 13.4. The summed E-state index contributed by atoms with van der Waals surface area (Å²) >= 11 is 0. The maximum absolute atomic E-state index is 14.8. The predicted octanol–water partition coefficient (Wildman–Crippen LogP) is -2.73. The Morgan fingerprint density at radius 3 is 1.31 bits per heavy atom. The molecule has 12 nitrogen and oxygen atoms in total. The number of carboxylic acids is 2. The van der Waals surface area contributed by atoms with Crippen molar-refractivity contribution >= 4 is 34.6 Å². The number of rotatable bonds is 6. The molecule has 0 amide bonds. The molecule has 0 atom stereocenters. The van der Waals surface area contributed by atoms with Gasteiger partial charge in [0.2, 0.25) is 0 Å². The predicted molar refractivity (Wildman–Crippen MR) is 185 cm³/mol. The molecule has 6 aromatic heterocycles. The van der Waals surface area contributed by atoms with E-state index in [0.717, 1.165) is 58.0 Å². The Balaban J connectivity index is 0.000000200. The number of aromatic carboxylic acids is 2. The van der Waals surface area contributed by atoms with E-state index in [9.17, 15) is 38.2 Å². The van der Waals surface area contributed by atoms with E-state index in [1.807, 2.05) is 0 Å². The van der Waals surface area contributed by atoms with Gasteiger partial charge in [0.1, 0.15) is 23.3 Å². The summed E-state index contributed by atoms with van der Waals surface area (Å²) in [4.78, 5) is 55.6. The topological polar surface area (TPSA) is 201 Å². The number of carboxylic acid groups (broad SMARTS) is 2. The van der Waals surface area contributed by atoms with E-state index in [2.05, 4.69) is 9.97 Å². The summed E-state index contributed by atoms with van der Waals surface area (Å²) in [6, 6.07) is 9.22. The van der Waals surface area contributed by atoms with Crippen LogP contribution in [0.2, 0.25) is 0 Å². The van der Waals surface area contributed by atoms with Gasteiger partial charge in [-0.05, 0) is 110 Å². The van der Waals surface area contributed by atoms with Gasteiger partial charge < -0.3 is 31.3 Å². The first kappa shape index (κ1) is 42.0. The quantitative estimate of drug-likeness (QED) is 0.167. The van der Waals surface area contributed by atoms with E-state index in [1.165, 1.54) is 24.5 Å². The molecule has 2 aliphatic carbocycles. The van der Waals surface area contributed by atoms with E-state index in [4.69, 9.17) is 11.5 Å². The number of hydrogen-bond acceptors (Lipinski definition) is 10. The van der Waals surface area contributed by atoms with Crippen molar-refractivity contribution in [1.82, 2.24) is 18.8 Å². The third-order valence-corrected chi connectivity index (χ3v) is 9.57. The van der Waals surface area contributed by atoms with Crippen LogP contribution in [0.15, 0.2) is 70.8 Å². The van der Waals surface area contributed by atoms with Gasteiger partial charge in [0.25, 0.3) is 11.1 Å². The van der Waals surface area contributed by atoms with Crippen molar-refractivity contribution in [3.63, 3.8) is 0 Å². The number of fused-ring (bicyclic) bond motifs is 2. The van der Waals surface area contributed by atoms with Crippen molar-refractivity contribution < 1.29 is 131 Å². The third kappa shape index (κ3) is 7.91. The number of carbonyl (C=O) groups is 2. The summed E-state index contributed by atoms with van der Waals surface area (Å²) in [5, 5.41) is 22.6. The molecule has 6 heterocycles. The molecule has 4 N–H and O–H groups in total. The van der Waals surface area contributed by atoms with Gasteiger partial charge in [-0.2, -0.15) is 0 Å². The number of carbonyl (C=O) groups excluding carboxylic acids is 2. The monoisotopic (exact) mass is 782 g/mol. The number of hydrogen-bond donors (Lipinski definition) is 2. The van der Waals surface area contributed by atoms with Gasteiger partial charge in [-0.25, -0.2) is 18.7 Å². The minimum absolute atomic E-state index is 0. The summed E-state index contributed by atoms with van der Waals surface area (Å²) in [7, 11) is 0. The fourth-order valence-corrected chi connectivity index (χ4v) is 6.82. The number of anilines is 2. The Morgan fingerprint density at radius 1 is 0.685 bits per heavy atom. The first-order valence-corrected chi connectivity index (χ1v) is 16.4. The average molecular weight is 783 g/mol. The Kier molecular flexibility index (Phi) is 12.8. The zero-order chi connectivity index (χ0) is 37.2. The number of pyridine rings is 6. The number of aromatic nitrogens is 4. The van der Waals surface area contributed by atoms with Gasteiger partial charge in [-0.3, -0.25) is 18.4 Å². The molecule has 8 rings (SSSR count). The molecular weight excluding hydrogens is 753 g/mol. The van der Waals surface area contributed by atoms with Gasteiger partial charge in [0.05, 0.1) is 34.1 Å². The van der Waals surface area contributed by atoms with E-state index in [-0.39, 0.29) is 115 Å². The van der Waals surface area contributed by atoms with Crippen LogP contribution in [0.4, 0.5) is 20.4 Å². The molecule has 16 heteroatoms. The summed E-state index contributed by atoms with van der Waals surface area (Å²) < 4.78 is 31.9. The van der Waals surface area contributed by atoms with Crippen LogP contribution >= 0.6 is 0 Å². The van der Waals surface area contributed by atoms with Crippen LogP contribution < -0.4 is 136 Å². The SMILES string of the molecule is Cc1c(-c2ccc(N)nc2)c(F)cn2c(=O)c(C(=O)[O-])cc(C3CC3)c12.Cc1c(-c2ccc(N)nc2)c(F)cn2c(=O)c(C(=O)[O-])cc(C3CC3)c12.[K+].[K+]. The average Bonchev–Trinajstić information content (AvgIpc) is 4.02. The molecule has 54 heavy (non-hydrogen) atoms. The molecule has 0 saturated heterocycles. The third-order valence-electron chi connectivity index (χ3n) is 9.57. The second-order valence-electron chi connectivity index (χ2n) is 13.1. The van der Waals surface area contributed by atoms with Crippen molar-refractivity contribution in [3.8, 4) is 22.3 Å². The Hall–Kier alpha value is -3.17. The molecule has 0 bridgehead atoms. The molecule has 0 unspecified atom stereocenters.